The summed E-state index contributed by atoms with van der Waals surface area (Å²) in [7, 11) is 4.44. The number of benzene rings is 2. The van der Waals surface area contributed by atoms with Gasteiger partial charge in [-0.05, 0) is 63.8 Å². The van der Waals surface area contributed by atoms with Crippen molar-refractivity contribution in [3.63, 3.8) is 0 Å². The fourth-order valence-corrected chi connectivity index (χ4v) is 7.09. The van der Waals surface area contributed by atoms with E-state index in [9.17, 15) is 14.4 Å². The number of aromatic amines is 1. The molecule has 6 rings (SSSR count). The molecule has 2 N–H and O–H groups in total. The monoisotopic (exact) mass is 787 g/mol. The zero-order chi connectivity index (χ0) is 40.7. The predicted molar refractivity (Wildman–Crippen MR) is 209 cm³/mol. The van der Waals surface area contributed by atoms with Crippen LogP contribution in [0.2, 0.25) is 0 Å². The SMILES string of the molecule is COc1c(F)cccc1Nc1c(-c2ccncc2OC[C@@H]2CCN(C(=O)OCc3ccccc3)C2)[nH]c2c1C(=O)N(C(=O)OC(C)(C)C)CC2CCC(OC)OC. The van der Waals surface area contributed by atoms with Gasteiger partial charge < -0.3 is 43.6 Å². The van der Waals surface area contributed by atoms with Gasteiger partial charge in [0.25, 0.3) is 5.91 Å². The number of fused-ring (bicyclic) bond motifs is 1. The molecule has 15 heteroatoms. The van der Waals surface area contributed by atoms with E-state index in [1.165, 1.54) is 19.2 Å². The fourth-order valence-electron chi connectivity index (χ4n) is 7.09. The molecule has 0 radical (unpaired) electrons. The molecular weight excluding hydrogens is 737 g/mol. The Morgan fingerprint density at radius 3 is 2.51 bits per heavy atom. The van der Waals surface area contributed by atoms with Gasteiger partial charge in [-0.25, -0.2) is 18.9 Å². The van der Waals surface area contributed by atoms with Crippen LogP contribution in [0.15, 0.2) is 67.0 Å². The number of pyridine rings is 1. The molecular formula is C42H50FN5O9. The summed E-state index contributed by atoms with van der Waals surface area (Å²) in [5.74, 6) is -1.27. The largest absolute Gasteiger partial charge is 0.492 e. The van der Waals surface area contributed by atoms with Crippen LogP contribution in [0.25, 0.3) is 11.3 Å². The van der Waals surface area contributed by atoms with Crippen LogP contribution < -0.4 is 14.8 Å². The number of hydrogen-bond acceptors (Lipinski definition) is 11. The van der Waals surface area contributed by atoms with Gasteiger partial charge in [0.1, 0.15) is 18.0 Å². The smallest absolute Gasteiger partial charge is 0.417 e. The summed E-state index contributed by atoms with van der Waals surface area (Å²) in [6, 6.07) is 15.7. The number of H-pyrrole nitrogens is 1. The lowest BCUT2D eigenvalue weighted by Crippen LogP contribution is -2.46. The number of aromatic nitrogens is 2. The van der Waals surface area contributed by atoms with Gasteiger partial charge in [-0.3, -0.25) is 9.78 Å². The van der Waals surface area contributed by atoms with Crippen LogP contribution >= 0.6 is 0 Å². The van der Waals surface area contributed by atoms with E-state index in [0.717, 1.165) is 10.5 Å². The van der Waals surface area contributed by atoms with Crippen LogP contribution in [0.4, 0.5) is 25.4 Å². The van der Waals surface area contributed by atoms with Gasteiger partial charge in [0.15, 0.2) is 17.9 Å². The van der Waals surface area contributed by atoms with Gasteiger partial charge in [-0.2, -0.15) is 0 Å². The topological polar surface area (TPSA) is 154 Å². The number of imide groups is 1. The molecule has 0 spiro atoms. The number of carbonyl (C=O) groups is 3. The average molecular weight is 788 g/mol. The molecule has 0 saturated carbocycles. The summed E-state index contributed by atoms with van der Waals surface area (Å²) in [5, 5.41) is 3.27. The summed E-state index contributed by atoms with van der Waals surface area (Å²) < 4.78 is 49.1. The highest BCUT2D eigenvalue weighted by Crippen LogP contribution is 2.46. The maximum absolute atomic E-state index is 15.1. The third kappa shape index (κ3) is 9.66. The number of rotatable bonds is 14. The molecule has 304 valence electrons. The van der Waals surface area contributed by atoms with Gasteiger partial charge in [-0.15, -0.1) is 0 Å². The van der Waals surface area contributed by atoms with Crippen molar-refractivity contribution in [1.29, 1.82) is 0 Å². The number of amides is 3. The van der Waals surface area contributed by atoms with Crippen molar-refractivity contribution in [2.24, 2.45) is 5.92 Å². The molecule has 2 aliphatic heterocycles. The Morgan fingerprint density at radius 1 is 1.02 bits per heavy atom. The van der Waals surface area contributed by atoms with Crippen molar-refractivity contribution in [3.05, 3.63) is 89.6 Å². The van der Waals surface area contributed by atoms with Crippen molar-refractivity contribution in [1.82, 2.24) is 19.8 Å². The number of nitrogens with zero attached hydrogens (tertiary/aromatic N) is 3. The Morgan fingerprint density at radius 2 is 1.79 bits per heavy atom. The number of para-hydroxylation sites is 1. The molecule has 14 nitrogen and oxygen atoms in total. The second-order valence-electron chi connectivity index (χ2n) is 15.0. The third-order valence-corrected chi connectivity index (χ3v) is 9.90. The van der Waals surface area contributed by atoms with E-state index in [4.69, 9.17) is 28.4 Å². The summed E-state index contributed by atoms with van der Waals surface area (Å²) in [6.45, 7) is 6.65. The molecule has 2 aromatic heterocycles. The minimum Gasteiger partial charge on any atom is -0.492 e. The van der Waals surface area contributed by atoms with E-state index in [0.29, 0.717) is 55.1 Å². The summed E-state index contributed by atoms with van der Waals surface area (Å²) in [6.07, 6.45) is 3.09. The second kappa shape index (κ2) is 18.1. The van der Waals surface area contributed by atoms with Gasteiger partial charge in [-0.1, -0.05) is 36.4 Å². The van der Waals surface area contributed by atoms with Crippen molar-refractivity contribution >= 4 is 29.5 Å². The molecule has 2 aliphatic rings. The first-order valence-electron chi connectivity index (χ1n) is 18.9. The molecule has 4 heterocycles. The van der Waals surface area contributed by atoms with Crippen molar-refractivity contribution < 1.29 is 47.2 Å². The zero-order valence-electron chi connectivity index (χ0n) is 33.1. The van der Waals surface area contributed by atoms with Crippen LogP contribution in [-0.2, 0) is 25.6 Å². The number of methoxy groups -OCH3 is 3. The van der Waals surface area contributed by atoms with Crippen LogP contribution in [0.1, 0.15) is 67.6 Å². The molecule has 3 amide bonds. The van der Waals surface area contributed by atoms with E-state index in [-0.39, 0.29) is 54.5 Å². The standard InChI is InChI=1S/C42H50FN5O9/c1-42(2,3)57-41(51)48-23-28(15-16-33(52-4)53-5)35-34(39(48)49)37(45-31-14-10-13-30(43)38(31)54-6)36(46-35)29-17-19-44-21-32(29)55-25-27-18-20-47(22-27)40(50)56-24-26-11-8-7-9-12-26/h7-14,17,19,21,27-28,33,45-46H,15-16,18,20,22-25H2,1-6H3/t27-,28?/m1/s1. The van der Waals surface area contributed by atoms with Crippen LogP contribution in [0, 0.1) is 11.7 Å². The molecule has 1 unspecified atom stereocenters. The summed E-state index contributed by atoms with van der Waals surface area (Å²) in [5.41, 5.74) is 2.29. The van der Waals surface area contributed by atoms with Gasteiger partial charge in [0.05, 0.1) is 42.5 Å². The van der Waals surface area contributed by atoms with Crippen molar-refractivity contribution in [3.8, 4) is 22.8 Å². The van der Waals surface area contributed by atoms with Crippen LogP contribution in [-0.4, -0.2) is 97.3 Å². The lowest BCUT2D eigenvalue weighted by atomic mass is 9.91. The number of carbonyl (C=O) groups excluding carboxylic acids is 3. The van der Waals surface area contributed by atoms with E-state index < -0.39 is 35.6 Å². The molecule has 57 heavy (non-hydrogen) atoms. The third-order valence-electron chi connectivity index (χ3n) is 9.90. The highest BCUT2D eigenvalue weighted by molar-refractivity contribution is 6.11. The first-order chi connectivity index (χ1) is 27.4. The Bertz CT molecular complexity index is 2030. The summed E-state index contributed by atoms with van der Waals surface area (Å²) >= 11 is 0. The van der Waals surface area contributed by atoms with E-state index in [2.05, 4.69) is 15.3 Å². The highest BCUT2D eigenvalue weighted by atomic mass is 19.1. The van der Waals surface area contributed by atoms with E-state index in [1.54, 1.807) is 64.4 Å². The maximum Gasteiger partial charge on any atom is 0.417 e. The lowest BCUT2D eigenvalue weighted by molar-refractivity contribution is -0.107. The van der Waals surface area contributed by atoms with Crippen molar-refractivity contribution in [2.45, 2.75) is 64.4 Å². The van der Waals surface area contributed by atoms with Crippen molar-refractivity contribution in [2.75, 3.05) is 52.9 Å². The number of hydrogen-bond donors (Lipinski definition) is 2. The number of likely N-dealkylation sites (tertiary alicyclic amines) is 1. The fraction of sp³-hybridized carbons (Fsp3) is 0.429. The lowest BCUT2D eigenvalue weighted by Gasteiger charge is -2.33. The number of halogens is 1. The normalized spacial score (nSPS) is 16.7. The molecule has 2 atom stereocenters. The molecule has 2 aromatic carbocycles. The Labute approximate surface area is 331 Å². The quantitative estimate of drug-likeness (QED) is 0.120. The van der Waals surface area contributed by atoms with Gasteiger partial charge in [0, 0.05) is 63.1 Å². The Kier molecular flexibility index (Phi) is 13.0. The predicted octanol–water partition coefficient (Wildman–Crippen LogP) is 7.88. The number of anilines is 2. The van der Waals surface area contributed by atoms with Crippen LogP contribution in [0.5, 0.6) is 11.5 Å². The van der Waals surface area contributed by atoms with Gasteiger partial charge in [0.2, 0.25) is 0 Å². The van der Waals surface area contributed by atoms with Gasteiger partial charge >= 0.3 is 12.2 Å². The van der Waals surface area contributed by atoms with E-state index in [1.807, 2.05) is 30.3 Å². The molecule has 0 aliphatic carbocycles. The first-order valence-corrected chi connectivity index (χ1v) is 18.9. The average Bonchev–Trinajstić information content (AvgIpc) is 3.83. The zero-order valence-corrected chi connectivity index (χ0v) is 33.1. The Hall–Kier alpha value is -5.67. The molecule has 4 aromatic rings. The number of nitrogens with one attached hydrogen (secondary N) is 2. The minimum absolute atomic E-state index is 0.0104. The molecule has 1 saturated heterocycles. The van der Waals surface area contributed by atoms with Crippen LogP contribution in [0.3, 0.4) is 0 Å². The van der Waals surface area contributed by atoms with E-state index >= 15 is 4.39 Å². The first kappa shape index (κ1) is 41.0. The second-order valence-corrected chi connectivity index (χ2v) is 15.0. The minimum atomic E-state index is -0.869. The maximum atomic E-state index is 15.1. The number of ether oxygens (including phenoxy) is 6. The summed E-state index contributed by atoms with van der Waals surface area (Å²) in [4.78, 5) is 51.6. The molecule has 1 fully saturated rings. The molecule has 0 bridgehead atoms. The highest BCUT2D eigenvalue weighted by Gasteiger charge is 2.42. The Balaban J connectivity index is 1.34.